The van der Waals surface area contributed by atoms with Gasteiger partial charge in [0.25, 0.3) is 0 Å². The smallest absolute Gasteiger partial charge is 0.320 e. The summed E-state index contributed by atoms with van der Waals surface area (Å²) >= 11 is 0. The van der Waals surface area contributed by atoms with E-state index < -0.39 is 23.8 Å². The Labute approximate surface area is 189 Å². The molecule has 0 fully saturated rings. The maximum absolute atomic E-state index is 12.5. The monoisotopic (exact) mass is 444 g/mol. The van der Waals surface area contributed by atoms with Crippen molar-refractivity contribution in [3.63, 3.8) is 0 Å². The summed E-state index contributed by atoms with van der Waals surface area (Å²) < 4.78 is 26.6. The Kier molecular flexibility index (Phi) is 8.52. The van der Waals surface area contributed by atoms with Crippen LogP contribution in [0.25, 0.3) is 0 Å². The van der Waals surface area contributed by atoms with Gasteiger partial charge in [-0.2, -0.15) is 0 Å². The molecule has 0 N–H and O–H groups in total. The number of carbonyl (C=O) groups excluding carboxylic acids is 2. The number of rotatable bonds is 9. The van der Waals surface area contributed by atoms with Crippen LogP contribution in [0.4, 0.5) is 0 Å². The molecular weight excluding hydrogens is 412 g/mol. The molecule has 2 aromatic carbocycles. The summed E-state index contributed by atoms with van der Waals surface area (Å²) in [6, 6.07) is 7.66. The van der Waals surface area contributed by atoms with Gasteiger partial charge in [0.05, 0.1) is 35.5 Å². The van der Waals surface area contributed by atoms with Crippen LogP contribution in [-0.4, -0.2) is 47.5 Å². The van der Waals surface area contributed by atoms with Crippen LogP contribution < -0.4 is 14.2 Å². The highest BCUT2D eigenvalue weighted by Crippen LogP contribution is 2.46. The first-order valence-electron chi connectivity index (χ1n) is 10.3. The quantitative estimate of drug-likeness (QED) is 0.425. The molecule has 0 spiro atoms. The molecule has 0 radical (unpaired) electrons. The van der Waals surface area contributed by atoms with Crippen LogP contribution in [0.5, 0.6) is 17.2 Å². The second-order valence-electron chi connectivity index (χ2n) is 7.65. The zero-order valence-electron chi connectivity index (χ0n) is 20.0. The maximum atomic E-state index is 12.5. The first kappa shape index (κ1) is 25.0. The second-order valence-corrected chi connectivity index (χ2v) is 7.65. The minimum Gasteiger partial charge on any atom is -0.496 e. The Morgan fingerprint density at radius 3 is 1.56 bits per heavy atom. The molecule has 174 valence electrons. The van der Waals surface area contributed by atoms with E-state index in [0.717, 1.165) is 22.3 Å². The number of ether oxygens (including phenoxy) is 5. The zero-order valence-corrected chi connectivity index (χ0v) is 20.0. The Balaban J connectivity index is 2.84. The first-order valence-corrected chi connectivity index (χ1v) is 10.3. The number of esters is 2. The summed E-state index contributed by atoms with van der Waals surface area (Å²) in [4.78, 5) is 25.1. The first-order chi connectivity index (χ1) is 15.2. The Bertz CT molecular complexity index is 916. The molecule has 1 unspecified atom stereocenters. The van der Waals surface area contributed by atoms with E-state index in [4.69, 9.17) is 23.7 Å². The van der Waals surface area contributed by atoms with Crippen molar-refractivity contribution < 1.29 is 33.3 Å². The van der Waals surface area contributed by atoms with Crippen molar-refractivity contribution in [3.05, 3.63) is 52.1 Å². The van der Waals surface area contributed by atoms with Gasteiger partial charge in [0.15, 0.2) is 5.92 Å². The molecule has 1 atom stereocenters. The third-order valence-electron chi connectivity index (χ3n) is 5.63. The van der Waals surface area contributed by atoms with Crippen LogP contribution in [-0.2, 0) is 19.1 Å². The lowest BCUT2D eigenvalue weighted by atomic mass is 9.78. The number of aryl methyl sites for hydroxylation is 3. The Morgan fingerprint density at radius 2 is 1.19 bits per heavy atom. The third kappa shape index (κ3) is 5.15. The van der Waals surface area contributed by atoms with Gasteiger partial charge in [-0.3, -0.25) is 9.59 Å². The van der Waals surface area contributed by atoms with Crippen LogP contribution in [0, 0.1) is 26.7 Å². The summed E-state index contributed by atoms with van der Waals surface area (Å²) in [5.41, 5.74) is 4.87. The molecule has 7 heteroatoms. The third-order valence-corrected chi connectivity index (χ3v) is 5.63. The van der Waals surface area contributed by atoms with Crippen LogP contribution in [0.3, 0.4) is 0 Å². The summed E-state index contributed by atoms with van der Waals surface area (Å²) in [7, 11) is 7.18. The highest BCUT2D eigenvalue weighted by molar-refractivity contribution is 5.95. The van der Waals surface area contributed by atoms with Crippen LogP contribution >= 0.6 is 0 Å². The van der Waals surface area contributed by atoms with E-state index in [0.29, 0.717) is 22.8 Å². The topological polar surface area (TPSA) is 80.3 Å². The van der Waals surface area contributed by atoms with E-state index in [1.807, 2.05) is 20.8 Å². The number of hydrogen-bond donors (Lipinski definition) is 0. The van der Waals surface area contributed by atoms with Gasteiger partial charge in [-0.1, -0.05) is 17.7 Å². The summed E-state index contributed by atoms with van der Waals surface area (Å²) in [5, 5.41) is 0. The fourth-order valence-corrected chi connectivity index (χ4v) is 4.31. The molecular formula is C25H32O7. The summed E-state index contributed by atoms with van der Waals surface area (Å²) in [6.07, 6.45) is 0.114. The summed E-state index contributed by atoms with van der Waals surface area (Å²) in [5.74, 6) is -1.23. The van der Waals surface area contributed by atoms with Gasteiger partial charge in [-0.15, -0.1) is 0 Å². The Morgan fingerprint density at radius 1 is 0.719 bits per heavy atom. The number of hydrogen-bond acceptors (Lipinski definition) is 7. The fourth-order valence-electron chi connectivity index (χ4n) is 4.31. The van der Waals surface area contributed by atoms with Gasteiger partial charge in [0.1, 0.15) is 17.2 Å². The predicted molar refractivity (Wildman–Crippen MR) is 121 cm³/mol. The molecule has 0 bridgehead atoms. The largest absolute Gasteiger partial charge is 0.496 e. The molecule has 0 aliphatic heterocycles. The molecule has 2 rings (SSSR count). The maximum Gasteiger partial charge on any atom is 0.320 e. The second kappa shape index (κ2) is 10.9. The SMILES string of the molecule is COC(=O)C(CC(c1c(C)cc(C)cc1C)c1c(OC)cc(OC)cc1OC)C(=O)OC. The van der Waals surface area contributed by atoms with Gasteiger partial charge < -0.3 is 23.7 Å². The standard InChI is InChI=1S/C25H32O7/c1-14-9-15(2)22(16(3)10-14)18(13-19(24(26)31-7)25(27)32-8)23-20(29-5)11-17(28-4)12-21(23)30-6/h9-12,18-19H,13H2,1-8H3. The van der Waals surface area contributed by atoms with E-state index in [1.54, 1.807) is 33.5 Å². The average molecular weight is 445 g/mol. The molecule has 2 aromatic rings. The predicted octanol–water partition coefficient (Wildman–Crippen LogP) is 4.12. The van der Waals surface area contributed by atoms with E-state index in [9.17, 15) is 9.59 Å². The normalized spacial score (nSPS) is 11.7. The van der Waals surface area contributed by atoms with E-state index in [-0.39, 0.29) is 6.42 Å². The van der Waals surface area contributed by atoms with Crippen LogP contribution in [0.2, 0.25) is 0 Å². The van der Waals surface area contributed by atoms with Crippen molar-refractivity contribution in [2.24, 2.45) is 5.92 Å². The lowest BCUT2D eigenvalue weighted by molar-refractivity contribution is -0.159. The molecule has 0 aliphatic carbocycles. The van der Waals surface area contributed by atoms with Gasteiger partial charge in [0.2, 0.25) is 0 Å². The molecule has 0 aliphatic rings. The van der Waals surface area contributed by atoms with Crippen LogP contribution in [0.15, 0.2) is 24.3 Å². The zero-order chi connectivity index (χ0) is 24.0. The van der Waals surface area contributed by atoms with Gasteiger partial charge in [0, 0.05) is 23.6 Å². The van der Waals surface area contributed by atoms with E-state index >= 15 is 0 Å². The molecule has 0 amide bonds. The average Bonchev–Trinajstić information content (AvgIpc) is 2.78. The number of methoxy groups -OCH3 is 5. The van der Waals surface area contributed by atoms with Crippen molar-refractivity contribution in [3.8, 4) is 17.2 Å². The lowest BCUT2D eigenvalue weighted by Crippen LogP contribution is -2.29. The van der Waals surface area contributed by atoms with Crippen molar-refractivity contribution in [2.45, 2.75) is 33.1 Å². The molecule has 32 heavy (non-hydrogen) atoms. The molecule has 0 saturated heterocycles. The fraction of sp³-hybridized carbons (Fsp3) is 0.440. The minimum atomic E-state index is -1.12. The Hall–Kier alpha value is -3.22. The van der Waals surface area contributed by atoms with Crippen molar-refractivity contribution in [2.75, 3.05) is 35.5 Å². The van der Waals surface area contributed by atoms with Crippen molar-refractivity contribution >= 4 is 11.9 Å². The van der Waals surface area contributed by atoms with E-state index in [2.05, 4.69) is 12.1 Å². The number of carbonyl (C=O) groups is 2. The van der Waals surface area contributed by atoms with Crippen LogP contribution in [0.1, 0.15) is 40.2 Å². The lowest BCUT2D eigenvalue weighted by Gasteiger charge is -2.28. The van der Waals surface area contributed by atoms with Gasteiger partial charge in [-0.05, 0) is 43.9 Å². The molecule has 0 heterocycles. The summed E-state index contributed by atoms with van der Waals surface area (Å²) in [6.45, 7) is 6.05. The minimum absolute atomic E-state index is 0.114. The van der Waals surface area contributed by atoms with Gasteiger partial charge >= 0.3 is 11.9 Å². The molecule has 0 aromatic heterocycles. The van der Waals surface area contributed by atoms with Gasteiger partial charge in [-0.25, -0.2) is 0 Å². The highest BCUT2D eigenvalue weighted by atomic mass is 16.5. The van der Waals surface area contributed by atoms with Crippen molar-refractivity contribution in [1.82, 2.24) is 0 Å². The molecule has 0 saturated carbocycles. The van der Waals surface area contributed by atoms with E-state index in [1.165, 1.54) is 14.2 Å². The van der Waals surface area contributed by atoms with Crippen molar-refractivity contribution in [1.29, 1.82) is 0 Å². The number of benzene rings is 2. The highest BCUT2D eigenvalue weighted by Gasteiger charge is 2.36. The molecule has 7 nitrogen and oxygen atoms in total.